The molecule has 0 saturated heterocycles. The van der Waals surface area contributed by atoms with Crippen LogP contribution >= 0.6 is 0 Å². The molecule has 0 spiro atoms. The van der Waals surface area contributed by atoms with Crippen LogP contribution in [0.3, 0.4) is 0 Å². The molecule has 1 heterocycles. The van der Waals surface area contributed by atoms with Crippen LogP contribution in [0.5, 0.6) is 0 Å². The monoisotopic (exact) mass is 280 g/mol. The van der Waals surface area contributed by atoms with Crippen molar-refractivity contribution in [2.75, 3.05) is 5.32 Å². The zero-order valence-electron chi connectivity index (χ0n) is 10.1. The highest BCUT2D eigenvalue weighted by Crippen LogP contribution is 2.21. The summed E-state index contributed by atoms with van der Waals surface area (Å²) in [5.41, 5.74) is 1.59. The number of amides is 2. The molecule has 0 atom stereocenters. The highest BCUT2D eigenvalue weighted by Gasteiger charge is 2.20. The van der Waals surface area contributed by atoms with Crippen molar-refractivity contribution in [1.82, 2.24) is 5.43 Å². The second-order valence-corrected chi connectivity index (χ2v) is 3.97. The Morgan fingerprint density at radius 1 is 1.45 bits per heavy atom. The number of hydrazone groups is 1. The van der Waals surface area contributed by atoms with Gasteiger partial charge in [-0.1, -0.05) is 0 Å². The van der Waals surface area contributed by atoms with E-state index in [0.29, 0.717) is 0 Å². The Morgan fingerprint density at radius 2 is 2.20 bits per heavy atom. The summed E-state index contributed by atoms with van der Waals surface area (Å²) in [6.07, 6.45) is 0.302. The van der Waals surface area contributed by atoms with E-state index in [9.17, 15) is 24.1 Å². The molecule has 0 bridgehead atoms. The average Bonchev–Trinajstić information content (AvgIpc) is 2.41. The van der Waals surface area contributed by atoms with Gasteiger partial charge in [-0.05, 0) is 12.1 Å². The first-order chi connectivity index (χ1) is 9.47. The van der Waals surface area contributed by atoms with Crippen LogP contribution in [0.2, 0.25) is 0 Å². The summed E-state index contributed by atoms with van der Waals surface area (Å²) >= 11 is 0. The van der Waals surface area contributed by atoms with Crippen molar-refractivity contribution >= 4 is 28.9 Å². The number of hydrogen-bond acceptors (Lipinski definition) is 5. The predicted molar refractivity (Wildman–Crippen MR) is 66.5 cm³/mol. The van der Waals surface area contributed by atoms with Gasteiger partial charge < -0.3 is 5.32 Å². The smallest absolute Gasteiger partial charge is 0.306 e. The van der Waals surface area contributed by atoms with E-state index in [4.69, 9.17) is 0 Å². The number of benzene rings is 1. The average molecular weight is 280 g/mol. The van der Waals surface area contributed by atoms with E-state index in [1.807, 2.05) is 0 Å². The molecule has 0 radical (unpaired) electrons. The van der Waals surface area contributed by atoms with E-state index >= 15 is 0 Å². The number of halogens is 1. The third kappa shape index (κ3) is 2.94. The molecule has 0 aliphatic carbocycles. The molecule has 9 heteroatoms. The van der Waals surface area contributed by atoms with Crippen molar-refractivity contribution in [3.05, 3.63) is 34.1 Å². The zero-order valence-corrected chi connectivity index (χ0v) is 10.1. The molecule has 0 unspecified atom stereocenters. The molecule has 0 aromatic heterocycles. The molecule has 8 nitrogen and oxygen atoms in total. The van der Waals surface area contributed by atoms with Crippen molar-refractivity contribution in [3.8, 4) is 0 Å². The maximum Gasteiger partial charge on any atom is 0.306 e. The number of hydrogen-bond donors (Lipinski definition) is 2. The van der Waals surface area contributed by atoms with Gasteiger partial charge in [0.15, 0.2) is 0 Å². The molecular weight excluding hydrogens is 271 g/mol. The number of nitro benzene ring substituents is 1. The minimum absolute atomic E-state index is 0.0719. The number of nitrogens with one attached hydrogen (secondary N) is 2. The van der Waals surface area contributed by atoms with Gasteiger partial charge in [0.1, 0.15) is 5.71 Å². The SMILES string of the molecule is O=C1CCC(C(=O)Nc2ccc(F)c([N+](=O)[O-])c2)=NN1. The Balaban J connectivity index is 2.14. The fourth-order valence-corrected chi connectivity index (χ4v) is 1.57. The Morgan fingerprint density at radius 3 is 2.80 bits per heavy atom. The molecular formula is C11H9FN4O4. The van der Waals surface area contributed by atoms with Crippen molar-refractivity contribution in [2.24, 2.45) is 5.10 Å². The molecule has 0 saturated carbocycles. The molecule has 2 amide bonds. The third-order valence-electron chi connectivity index (χ3n) is 2.57. The minimum Gasteiger partial charge on any atom is -0.321 e. The first-order valence-corrected chi connectivity index (χ1v) is 5.58. The number of nitrogens with zero attached hydrogens (tertiary/aromatic N) is 2. The zero-order chi connectivity index (χ0) is 14.7. The largest absolute Gasteiger partial charge is 0.321 e. The van der Waals surface area contributed by atoms with E-state index in [0.717, 1.165) is 12.1 Å². The lowest BCUT2D eigenvalue weighted by Crippen LogP contribution is -2.32. The Bertz CT molecular complexity index is 629. The van der Waals surface area contributed by atoms with Crippen LogP contribution < -0.4 is 10.7 Å². The first kappa shape index (κ1) is 13.6. The molecule has 104 valence electrons. The predicted octanol–water partition coefficient (Wildman–Crippen LogP) is 0.938. The Kier molecular flexibility index (Phi) is 3.69. The van der Waals surface area contributed by atoms with Crippen LogP contribution in [0.25, 0.3) is 0 Å². The van der Waals surface area contributed by atoms with E-state index in [1.165, 1.54) is 6.07 Å². The Hall–Kier alpha value is -2.84. The van der Waals surface area contributed by atoms with E-state index in [2.05, 4.69) is 15.8 Å². The van der Waals surface area contributed by atoms with Gasteiger partial charge in [0, 0.05) is 24.6 Å². The van der Waals surface area contributed by atoms with Crippen LogP contribution in [0.15, 0.2) is 23.3 Å². The highest BCUT2D eigenvalue weighted by molar-refractivity contribution is 6.43. The lowest BCUT2D eigenvalue weighted by molar-refractivity contribution is -0.387. The first-order valence-electron chi connectivity index (χ1n) is 5.58. The summed E-state index contributed by atoms with van der Waals surface area (Å²) in [5.74, 6) is -1.89. The summed E-state index contributed by atoms with van der Waals surface area (Å²) in [6, 6.07) is 3.00. The van der Waals surface area contributed by atoms with Gasteiger partial charge in [-0.2, -0.15) is 9.49 Å². The fraction of sp³-hybridized carbons (Fsp3) is 0.182. The summed E-state index contributed by atoms with van der Waals surface area (Å²) in [5, 5.41) is 16.5. The quantitative estimate of drug-likeness (QED) is 0.633. The lowest BCUT2D eigenvalue weighted by Gasteiger charge is -2.11. The van der Waals surface area contributed by atoms with Crippen molar-refractivity contribution in [2.45, 2.75) is 12.8 Å². The van der Waals surface area contributed by atoms with Gasteiger partial charge in [-0.25, -0.2) is 5.43 Å². The van der Waals surface area contributed by atoms with E-state index in [1.54, 1.807) is 0 Å². The molecule has 1 aliphatic rings. The van der Waals surface area contributed by atoms with Gasteiger partial charge in [-0.3, -0.25) is 19.7 Å². The van der Waals surface area contributed by atoms with Gasteiger partial charge in [0.25, 0.3) is 5.91 Å². The highest BCUT2D eigenvalue weighted by atomic mass is 19.1. The molecule has 1 aromatic rings. The minimum atomic E-state index is -0.990. The lowest BCUT2D eigenvalue weighted by atomic mass is 10.1. The summed E-state index contributed by atoms with van der Waals surface area (Å²) in [6.45, 7) is 0. The number of rotatable bonds is 3. The second-order valence-electron chi connectivity index (χ2n) is 3.97. The standard InChI is InChI=1S/C11H9FN4O4/c12-7-2-1-6(5-9(7)16(19)20)13-11(18)8-3-4-10(17)15-14-8/h1-2,5H,3-4H2,(H,13,18)(H,15,17). The van der Waals surface area contributed by atoms with Gasteiger partial charge in [0.05, 0.1) is 4.92 Å². The van der Waals surface area contributed by atoms with Crippen LogP contribution in [-0.4, -0.2) is 22.4 Å². The van der Waals surface area contributed by atoms with Crippen LogP contribution in [0, 0.1) is 15.9 Å². The molecule has 0 fully saturated rings. The molecule has 2 rings (SSSR count). The van der Waals surface area contributed by atoms with E-state index in [-0.39, 0.29) is 30.1 Å². The second kappa shape index (κ2) is 5.43. The number of nitro groups is 1. The molecule has 1 aromatic carbocycles. The number of carbonyl (C=O) groups excluding carboxylic acids is 2. The third-order valence-corrected chi connectivity index (χ3v) is 2.57. The normalized spacial score (nSPS) is 14.2. The topological polar surface area (TPSA) is 114 Å². The molecule has 1 aliphatic heterocycles. The van der Waals surface area contributed by atoms with Gasteiger partial charge in [-0.15, -0.1) is 0 Å². The van der Waals surface area contributed by atoms with Crippen LogP contribution in [0.4, 0.5) is 15.8 Å². The van der Waals surface area contributed by atoms with Gasteiger partial charge >= 0.3 is 5.69 Å². The summed E-state index contributed by atoms with van der Waals surface area (Å²) in [4.78, 5) is 32.4. The summed E-state index contributed by atoms with van der Waals surface area (Å²) in [7, 11) is 0. The van der Waals surface area contributed by atoms with Crippen molar-refractivity contribution < 1.29 is 18.9 Å². The maximum absolute atomic E-state index is 13.1. The fourth-order valence-electron chi connectivity index (χ4n) is 1.57. The number of anilines is 1. The summed E-state index contributed by atoms with van der Waals surface area (Å²) < 4.78 is 13.1. The van der Waals surface area contributed by atoms with Crippen LogP contribution in [0.1, 0.15) is 12.8 Å². The van der Waals surface area contributed by atoms with Crippen LogP contribution in [-0.2, 0) is 9.59 Å². The van der Waals surface area contributed by atoms with E-state index < -0.39 is 22.3 Å². The van der Waals surface area contributed by atoms with Gasteiger partial charge in [0.2, 0.25) is 11.7 Å². The molecule has 2 N–H and O–H groups in total. The molecule has 20 heavy (non-hydrogen) atoms. The number of carbonyl (C=O) groups is 2. The Labute approximate surface area is 111 Å². The maximum atomic E-state index is 13.1. The van der Waals surface area contributed by atoms with Crippen molar-refractivity contribution in [1.29, 1.82) is 0 Å². The van der Waals surface area contributed by atoms with Crippen molar-refractivity contribution in [3.63, 3.8) is 0 Å².